The third-order valence-corrected chi connectivity index (χ3v) is 2.39. The van der Waals surface area contributed by atoms with Crippen molar-refractivity contribution in [1.29, 1.82) is 0 Å². The molecule has 0 fully saturated rings. The quantitative estimate of drug-likeness (QED) is 0.685. The van der Waals surface area contributed by atoms with Gasteiger partial charge in [-0.25, -0.2) is 0 Å². The number of aromatic hydroxyl groups is 1. The minimum absolute atomic E-state index is 0.260. The standard InChI is InChI=1S/C10H13NO2/c1-11-9-4-5-13-10-6-7(12)2-3-8(9)10/h2-3,6,9,11-12H,4-5H2,1H3. The lowest BCUT2D eigenvalue weighted by molar-refractivity contribution is 0.256. The van der Waals surface area contributed by atoms with E-state index in [4.69, 9.17) is 4.74 Å². The van der Waals surface area contributed by atoms with Crippen LogP contribution in [0.4, 0.5) is 0 Å². The molecule has 0 aromatic heterocycles. The summed E-state index contributed by atoms with van der Waals surface area (Å²) in [5.41, 5.74) is 1.13. The van der Waals surface area contributed by atoms with Gasteiger partial charge >= 0.3 is 0 Å². The average molecular weight is 179 g/mol. The molecule has 0 saturated heterocycles. The summed E-state index contributed by atoms with van der Waals surface area (Å²) in [4.78, 5) is 0. The Kier molecular flexibility index (Phi) is 2.10. The highest BCUT2D eigenvalue weighted by molar-refractivity contribution is 5.42. The number of benzene rings is 1. The van der Waals surface area contributed by atoms with Crippen LogP contribution in [0.15, 0.2) is 18.2 Å². The van der Waals surface area contributed by atoms with E-state index in [-0.39, 0.29) is 5.75 Å². The summed E-state index contributed by atoms with van der Waals surface area (Å²) in [6.07, 6.45) is 0.980. The van der Waals surface area contributed by atoms with Crippen LogP contribution in [0.1, 0.15) is 18.0 Å². The Morgan fingerprint density at radius 1 is 1.54 bits per heavy atom. The zero-order valence-corrected chi connectivity index (χ0v) is 7.58. The summed E-state index contributed by atoms with van der Waals surface area (Å²) in [6.45, 7) is 0.710. The fraction of sp³-hybridized carbons (Fsp3) is 0.400. The summed E-state index contributed by atoms with van der Waals surface area (Å²) in [5.74, 6) is 1.06. The van der Waals surface area contributed by atoms with Crippen LogP contribution >= 0.6 is 0 Å². The van der Waals surface area contributed by atoms with Gasteiger partial charge in [-0.1, -0.05) is 6.07 Å². The molecule has 70 valence electrons. The first kappa shape index (κ1) is 8.38. The molecule has 0 bridgehead atoms. The molecule has 2 rings (SSSR count). The number of nitrogens with one attached hydrogen (secondary N) is 1. The molecular weight excluding hydrogens is 166 g/mol. The lowest BCUT2D eigenvalue weighted by atomic mass is 10.0. The Bertz CT molecular complexity index is 312. The van der Waals surface area contributed by atoms with Gasteiger partial charge in [-0.2, -0.15) is 0 Å². The van der Waals surface area contributed by atoms with E-state index in [1.54, 1.807) is 12.1 Å². The van der Waals surface area contributed by atoms with Gasteiger partial charge in [-0.15, -0.1) is 0 Å². The molecule has 0 amide bonds. The van der Waals surface area contributed by atoms with Gasteiger partial charge in [0.2, 0.25) is 0 Å². The van der Waals surface area contributed by atoms with Crippen molar-refractivity contribution in [3.63, 3.8) is 0 Å². The highest BCUT2D eigenvalue weighted by atomic mass is 16.5. The molecule has 0 aliphatic carbocycles. The van der Waals surface area contributed by atoms with Crippen LogP contribution in [-0.2, 0) is 0 Å². The van der Waals surface area contributed by atoms with E-state index in [0.717, 1.165) is 17.7 Å². The Morgan fingerprint density at radius 3 is 3.15 bits per heavy atom. The Hall–Kier alpha value is -1.22. The highest BCUT2D eigenvalue weighted by Crippen LogP contribution is 2.33. The number of fused-ring (bicyclic) bond motifs is 1. The van der Waals surface area contributed by atoms with Gasteiger partial charge in [0.25, 0.3) is 0 Å². The molecule has 0 radical (unpaired) electrons. The third kappa shape index (κ3) is 1.47. The van der Waals surface area contributed by atoms with Gasteiger partial charge in [0.15, 0.2) is 0 Å². The summed E-state index contributed by atoms with van der Waals surface area (Å²) in [6, 6.07) is 5.62. The fourth-order valence-electron chi connectivity index (χ4n) is 1.68. The fourth-order valence-corrected chi connectivity index (χ4v) is 1.68. The predicted octanol–water partition coefficient (Wildman–Crippen LogP) is 1.44. The second-order valence-corrected chi connectivity index (χ2v) is 3.20. The van der Waals surface area contributed by atoms with Crippen molar-refractivity contribution in [2.45, 2.75) is 12.5 Å². The summed E-state index contributed by atoms with van der Waals surface area (Å²) in [5, 5.41) is 12.5. The van der Waals surface area contributed by atoms with Crippen molar-refractivity contribution in [2.24, 2.45) is 0 Å². The van der Waals surface area contributed by atoms with Crippen LogP contribution in [0.3, 0.4) is 0 Å². The molecule has 1 aliphatic heterocycles. The number of rotatable bonds is 1. The van der Waals surface area contributed by atoms with E-state index < -0.39 is 0 Å². The molecule has 2 N–H and O–H groups in total. The van der Waals surface area contributed by atoms with E-state index in [0.29, 0.717) is 12.6 Å². The predicted molar refractivity (Wildman–Crippen MR) is 50.0 cm³/mol. The summed E-state index contributed by atoms with van der Waals surface area (Å²) in [7, 11) is 1.94. The summed E-state index contributed by atoms with van der Waals surface area (Å²) >= 11 is 0. The lowest BCUT2D eigenvalue weighted by Gasteiger charge is -2.25. The van der Waals surface area contributed by atoms with Crippen molar-refractivity contribution < 1.29 is 9.84 Å². The molecule has 3 heteroatoms. The molecular formula is C10H13NO2. The number of hydrogen-bond donors (Lipinski definition) is 2. The SMILES string of the molecule is CNC1CCOc2cc(O)ccc21. The smallest absolute Gasteiger partial charge is 0.127 e. The van der Waals surface area contributed by atoms with Crippen molar-refractivity contribution >= 4 is 0 Å². The van der Waals surface area contributed by atoms with E-state index in [1.165, 1.54) is 0 Å². The first-order chi connectivity index (χ1) is 6.31. The molecule has 1 aliphatic rings. The van der Waals surface area contributed by atoms with Crippen LogP contribution in [0.5, 0.6) is 11.5 Å². The molecule has 1 aromatic rings. The lowest BCUT2D eigenvalue weighted by Crippen LogP contribution is -2.23. The van der Waals surface area contributed by atoms with Gasteiger partial charge in [0.05, 0.1) is 6.61 Å². The number of hydrogen-bond acceptors (Lipinski definition) is 3. The van der Waals surface area contributed by atoms with Gasteiger partial charge in [-0.3, -0.25) is 0 Å². The van der Waals surface area contributed by atoms with Crippen molar-refractivity contribution in [1.82, 2.24) is 5.32 Å². The molecule has 0 saturated carbocycles. The number of ether oxygens (including phenoxy) is 1. The van der Waals surface area contributed by atoms with Crippen LogP contribution in [0.2, 0.25) is 0 Å². The first-order valence-electron chi connectivity index (χ1n) is 4.44. The van der Waals surface area contributed by atoms with Crippen molar-refractivity contribution in [3.8, 4) is 11.5 Å². The van der Waals surface area contributed by atoms with Gasteiger partial charge in [0, 0.05) is 24.1 Å². The van der Waals surface area contributed by atoms with Crippen molar-refractivity contribution in [3.05, 3.63) is 23.8 Å². The topological polar surface area (TPSA) is 41.5 Å². The monoisotopic (exact) mass is 179 g/mol. The van der Waals surface area contributed by atoms with Crippen LogP contribution < -0.4 is 10.1 Å². The summed E-state index contributed by atoms with van der Waals surface area (Å²) < 4.78 is 5.44. The molecule has 1 unspecified atom stereocenters. The van der Waals surface area contributed by atoms with Gasteiger partial charge < -0.3 is 15.2 Å². The molecule has 3 nitrogen and oxygen atoms in total. The highest BCUT2D eigenvalue weighted by Gasteiger charge is 2.19. The van der Waals surface area contributed by atoms with Gasteiger partial charge in [-0.05, 0) is 13.1 Å². The normalized spacial score (nSPS) is 20.5. The first-order valence-corrected chi connectivity index (χ1v) is 4.44. The second kappa shape index (κ2) is 3.26. The van der Waals surface area contributed by atoms with Crippen LogP contribution in [-0.4, -0.2) is 18.8 Å². The average Bonchev–Trinajstić information content (AvgIpc) is 2.16. The minimum atomic E-state index is 0.260. The maximum atomic E-state index is 9.25. The molecule has 1 aromatic carbocycles. The Labute approximate surface area is 77.3 Å². The van der Waals surface area contributed by atoms with Crippen LogP contribution in [0.25, 0.3) is 0 Å². The molecule has 1 heterocycles. The van der Waals surface area contributed by atoms with E-state index in [9.17, 15) is 5.11 Å². The molecule has 1 atom stereocenters. The molecule has 0 spiro atoms. The number of phenolic OH excluding ortho intramolecular Hbond substituents is 1. The van der Waals surface area contributed by atoms with Crippen molar-refractivity contribution in [2.75, 3.05) is 13.7 Å². The van der Waals surface area contributed by atoms with E-state index in [2.05, 4.69) is 5.32 Å². The van der Waals surface area contributed by atoms with Crippen LogP contribution in [0, 0.1) is 0 Å². The number of phenols is 1. The van der Waals surface area contributed by atoms with Gasteiger partial charge in [0.1, 0.15) is 11.5 Å². The van der Waals surface area contributed by atoms with E-state index >= 15 is 0 Å². The largest absolute Gasteiger partial charge is 0.508 e. The maximum absolute atomic E-state index is 9.25. The molecule has 13 heavy (non-hydrogen) atoms. The minimum Gasteiger partial charge on any atom is -0.508 e. The third-order valence-electron chi connectivity index (χ3n) is 2.39. The maximum Gasteiger partial charge on any atom is 0.127 e. The zero-order valence-electron chi connectivity index (χ0n) is 7.58. The Morgan fingerprint density at radius 2 is 2.38 bits per heavy atom. The second-order valence-electron chi connectivity index (χ2n) is 3.20. The van der Waals surface area contributed by atoms with E-state index in [1.807, 2.05) is 13.1 Å². The Balaban J connectivity index is 2.40. The zero-order chi connectivity index (χ0) is 9.26.